The molecular weight excluding hydrogens is 358 g/mol. The topological polar surface area (TPSA) is 99.5 Å². The van der Waals surface area contributed by atoms with Gasteiger partial charge in [0.25, 0.3) is 11.5 Å². The summed E-state index contributed by atoms with van der Waals surface area (Å²) in [6.07, 6.45) is 4.83. The number of amides is 1. The van der Waals surface area contributed by atoms with Gasteiger partial charge in [-0.15, -0.1) is 0 Å². The molecule has 9 heteroatoms. The Balaban J connectivity index is 1.66. The SMILES string of the molecule is Cc1nc2cc([C@H]3CCCN3C(=O)c3cnc(N(C)C)nc3)[nH]n2c(=O)c1C. The summed E-state index contributed by atoms with van der Waals surface area (Å²) in [7, 11) is 3.70. The smallest absolute Gasteiger partial charge is 0.275 e. The van der Waals surface area contributed by atoms with E-state index in [9.17, 15) is 9.59 Å². The van der Waals surface area contributed by atoms with Crippen LogP contribution < -0.4 is 10.5 Å². The van der Waals surface area contributed by atoms with Crippen molar-refractivity contribution >= 4 is 17.5 Å². The number of fused-ring (bicyclic) bond motifs is 1. The predicted octanol–water partition coefficient (Wildman–Crippen LogP) is 1.47. The van der Waals surface area contributed by atoms with Gasteiger partial charge in [0, 0.05) is 50.4 Å². The monoisotopic (exact) mass is 381 g/mol. The fourth-order valence-corrected chi connectivity index (χ4v) is 3.57. The second kappa shape index (κ2) is 6.74. The number of nitrogens with one attached hydrogen (secondary N) is 1. The van der Waals surface area contributed by atoms with Gasteiger partial charge < -0.3 is 9.80 Å². The summed E-state index contributed by atoms with van der Waals surface area (Å²) in [4.78, 5) is 42.1. The number of aromatic amines is 1. The van der Waals surface area contributed by atoms with Crippen molar-refractivity contribution in [2.24, 2.45) is 0 Å². The number of aryl methyl sites for hydroxylation is 1. The van der Waals surface area contributed by atoms with Crippen molar-refractivity contribution in [1.82, 2.24) is 29.5 Å². The van der Waals surface area contributed by atoms with E-state index in [2.05, 4.69) is 20.1 Å². The van der Waals surface area contributed by atoms with Crippen LogP contribution in [-0.2, 0) is 0 Å². The number of nitrogens with zero attached hydrogens (tertiary/aromatic N) is 6. The van der Waals surface area contributed by atoms with Crippen molar-refractivity contribution in [1.29, 1.82) is 0 Å². The minimum absolute atomic E-state index is 0.112. The van der Waals surface area contributed by atoms with Gasteiger partial charge >= 0.3 is 0 Å². The maximum absolute atomic E-state index is 13.0. The van der Waals surface area contributed by atoms with Crippen LogP contribution in [0.25, 0.3) is 5.65 Å². The first kappa shape index (κ1) is 18.1. The highest BCUT2D eigenvalue weighted by molar-refractivity contribution is 5.94. The molecule has 3 aromatic heterocycles. The summed E-state index contributed by atoms with van der Waals surface area (Å²) in [5, 5.41) is 3.14. The van der Waals surface area contributed by atoms with E-state index in [1.165, 1.54) is 4.52 Å². The molecule has 9 nitrogen and oxygen atoms in total. The molecule has 0 bridgehead atoms. The van der Waals surface area contributed by atoms with E-state index in [4.69, 9.17) is 0 Å². The van der Waals surface area contributed by atoms with E-state index < -0.39 is 0 Å². The number of carbonyl (C=O) groups excluding carboxylic acids is 1. The third kappa shape index (κ3) is 2.92. The zero-order valence-electron chi connectivity index (χ0n) is 16.4. The highest BCUT2D eigenvalue weighted by Gasteiger charge is 2.32. The van der Waals surface area contributed by atoms with Crippen LogP contribution in [0.15, 0.2) is 23.3 Å². The van der Waals surface area contributed by atoms with Gasteiger partial charge in [0.2, 0.25) is 5.95 Å². The van der Waals surface area contributed by atoms with E-state index in [0.29, 0.717) is 35.0 Å². The lowest BCUT2D eigenvalue weighted by Crippen LogP contribution is -2.31. The number of hydrogen-bond acceptors (Lipinski definition) is 6. The van der Waals surface area contributed by atoms with Crippen LogP contribution in [0.3, 0.4) is 0 Å². The lowest BCUT2D eigenvalue weighted by atomic mass is 10.1. The molecule has 1 fully saturated rings. The van der Waals surface area contributed by atoms with E-state index in [0.717, 1.165) is 18.5 Å². The second-order valence-corrected chi connectivity index (χ2v) is 7.36. The molecule has 1 atom stereocenters. The summed E-state index contributed by atoms with van der Waals surface area (Å²) in [5.41, 5.74) is 3.05. The Labute approximate surface area is 162 Å². The fourth-order valence-electron chi connectivity index (χ4n) is 3.57. The quantitative estimate of drug-likeness (QED) is 0.738. The summed E-state index contributed by atoms with van der Waals surface area (Å²) in [6, 6.07) is 1.72. The second-order valence-electron chi connectivity index (χ2n) is 7.36. The largest absolute Gasteiger partial charge is 0.347 e. The molecule has 0 spiro atoms. The first-order chi connectivity index (χ1) is 13.4. The lowest BCUT2D eigenvalue weighted by molar-refractivity contribution is 0.0732. The van der Waals surface area contributed by atoms with Gasteiger partial charge in [-0.3, -0.25) is 14.7 Å². The molecular formula is C19H23N7O2. The number of hydrogen-bond donors (Lipinski definition) is 1. The average Bonchev–Trinajstić information content (AvgIpc) is 3.32. The van der Waals surface area contributed by atoms with Crippen LogP contribution in [0.2, 0.25) is 0 Å². The number of carbonyl (C=O) groups is 1. The van der Waals surface area contributed by atoms with Crippen molar-refractivity contribution < 1.29 is 4.79 Å². The van der Waals surface area contributed by atoms with Crippen LogP contribution in [0.1, 0.15) is 46.2 Å². The number of rotatable bonds is 3. The highest BCUT2D eigenvalue weighted by atomic mass is 16.2. The van der Waals surface area contributed by atoms with Gasteiger partial charge in [-0.25, -0.2) is 19.5 Å². The van der Waals surface area contributed by atoms with Gasteiger partial charge in [-0.1, -0.05) is 0 Å². The highest BCUT2D eigenvalue weighted by Crippen LogP contribution is 2.32. The molecule has 1 N–H and O–H groups in total. The molecule has 1 aliphatic heterocycles. The van der Waals surface area contributed by atoms with Crippen LogP contribution in [0, 0.1) is 13.8 Å². The van der Waals surface area contributed by atoms with Gasteiger partial charge in [0.05, 0.1) is 17.3 Å². The molecule has 0 unspecified atom stereocenters. The Hall–Kier alpha value is -3.23. The van der Waals surface area contributed by atoms with Crippen LogP contribution in [0.5, 0.6) is 0 Å². The summed E-state index contributed by atoms with van der Waals surface area (Å²) >= 11 is 0. The Morgan fingerprint density at radius 2 is 1.96 bits per heavy atom. The third-order valence-electron chi connectivity index (χ3n) is 5.26. The van der Waals surface area contributed by atoms with Gasteiger partial charge in [0.1, 0.15) is 0 Å². The number of aromatic nitrogens is 5. The van der Waals surface area contributed by atoms with Crippen LogP contribution in [-0.4, -0.2) is 56.0 Å². The Kier molecular flexibility index (Phi) is 4.37. The molecule has 0 aromatic carbocycles. The van der Waals surface area contributed by atoms with Crippen LogP contribution >= 0.6 is 0 Å². The molecule has 4 rings (SSSR count). The third-order valence-corrected chi connectivity index (χ3v) is 5.26. The number of anilines is 1. The normalized spacial score (nSPS) is 16.7. The maximum Gasteiger partial charge on any atom is 0.275 e. The maximum atomic E-state index is 13.0. The number of H-pyrrole nitrogens is 1. The molecule has 1 amide bonds. The first-order valence-corrected chi connectivity index (χ1v) is 9.26. The van der Waals surface area contributed by atoms with Gasteiger partial charge in [-0.05, 0) is 26.7 Å². The Morgan fingerprint density at radius 1 is 1.25 bits per heavy atom. The van der Waals surface area contributed by atoms with Crippen molar-refractivity contribution in [3.63, 3.8) is 0 Å². The van der Waals surface area contributed by atoms with E-state index >= 15 is 0 Å². The van der Waals surface area contributed by atoms with Crippen molar-refractivity contribution in [2.45, 2.75) is 32.7 Å². The van der Waals surface area contributed by atoms with E-state index in [-0.39, 0.29) is 17.5 Å². The minimum atomic E-state index is -0.136. The Morgan fingerprint density at radius 3 is 2.64 bits per heavy atom. The molecule has 3 aromatic rings. The molecule has 0 saturated carbocycles. The zero-order chi connectivity index (χ0) is 20.0. The Bertz CT molecular complexity index is 1100. The van der Waals surface area contributed by atoms with Crippen molar-refractivity contribution in [3.8, 4) is 0 Å². The van der Waals surface area contributed by atoms with Crippen molar-refractivity contribution in [2.75, 3.05) is 25.5 Å². The van der Waals surface area contributed by atoms with Crippen LogP contribution in [0.4, 0.5) is 5.95 Å². The van der Waals surface area contributed by atoms with Gasteiger partial charge in [0.15, 0.2) is 5.65 Å². The summed E-state index contributed by atoms with van der Waals surface area (Å²) < 4.78 is 1.45. The van der Waals surface area contributed by atoms with Crippen molar-refractivity contribution in [3.05, 3.63) is 51.3 Å². The summed E-state index contributed by atoms with van der Waals surface area (Å²) in [6.45, 7) is 4.24. The molecule has 1 saturated heterocycles. The molecule has 4 heterocycles. The molecule has 146 valence electrons. The molecule has 0 radical (unpaired) electrons. The van der Waals surface area contributed by atoms with E-state index in [1.807, 2.05) is 32.0 Å². The summed E-state index contributed by atoms with van der Waals surface area (Å²) in [5.74, 6) is 0.445. The molecule has 28 heavy (non-hydrogen) atoms. The average molecular weight is 381 g/mol. The lowest BCUT2D eigenvalue weighted by Gasteiger charge is -2.23. The molecule has 1 aliphatic rings. The molecule has 0 aliphatic carbocycles. The standard InChI is InChI=1S/C19H23N7O2/c1-11-12(2)22-16-8-14(23-26(16)17(11)27)15-6-5-7-25(15)18(28)13-9-20-19(21-10-13)24(3)4/h8-10,15,23H,5-7H2,1-4H3/t15-/m1/s1. The first-order valence-electron chi connectivity index (χ1n) is 9.26. The fraction of sp³-hybridized carbons (Fsp3) is 0.421. The van der Waals surface area contributed by atoms with E-state index in [1.54, 1.807) is 24.2 Å². The number of likely N-dealkylation sites (tertiary alicyclic amines) is 1. The zero-order valence-corrected chi connectivity index (χ0v) is 16.4. The predicted molar refractivity (Wildman–Crippen MR) is 105 cm³/mol. The minimum Gasteiger partial charge on any atom is -0.347 e. The van der Waals surface area contributed by atoms with Gasteiger partial charge in [-0.2, -0.15) is 0 Å².